The van der Waals surface area contributed by atoms with E-state index in [1.165, 1.54) is 24.3 Å². The zero-order valence-corrected chi connectivity index (χ0v) is 23.3. The molecule has 2 aromatic heterocycles. The van der Waals surface area contributed by atoms with Gasteiger partial charge in [-0.05, 0) is 36.6 Å². The molecule has 0 spiro atoms. The van der Waals surface area contributed by atoms with E-state index in [2.05, 4.69) is 16.5 Å². The number of halogens is 3. The zero-order valence-electron chi connectivity index (χ0n) is 23.3. The van der Waals surface area contributed by atoms with E-state index < -0.39 is 34.7 Å². The summed E-state index contributed by atoms with van der Waals surface area (Å²) in [4.78, 5) is 38.5. The number of aromatic nitrogens is 3. The van der Waals surface area contributed by atoms with Gasteiger partial charge in [0.15, 0.2) is 17.4 Å². The summed E-state index contributed by atoms with van der Waals surface area (Å²) in [6.07, 6.45) is 2.80. The number of aryl methyl sites for hydroxylation is 1. The first-order chi connectivity index (χ1) is 20.1. The van der Waals surface area contributed by atoms with Crippen molar-refractivity contribution < 1.29 is 22.7 Å². The van der Waals surface area contributed by atoms with E-state index >= 15 is 13.2 Å². The van der Waals surface area contributed by atoms with Crippen LogP contribution in [0, 0.1) is 24.4 Å². The van der Waals surface area contributed by atoms with E-state index in [-0.39, 0.29) is 66.1 Å². The number of ether oxygens (including phenoxy) is 1. The van der Waals surface area contributed by atoms with Gasteiger partial charge in [0.2, 0.25) is 5.91 Å². The Bertz CT molecular complexity index is 1840. The second kappa shape index (κ2) is 10.3. The van der Waals surface area contributed by atoms with Crippen molar-refractivity contribution in [2.24, 2.45) is 0 Å². The van der Waals surface area contributed by atoms with E-state index in [4.69, 9.17) is 4.74 Å². The summed E-state index contributed by atoms with van der Waals surface area (Å²) >= 11 is 0. The van der Waals surface area contributed by atoms with Gasteiger partial charge in [0, 0.05) is 31.4 Å². The zero-order chi connectivity index (χ0) is 29.9. The average Bonchev–Trinajstić information content (AvgIpc) is 3.13. The van der Waals surface area contributed by atoms with Gasteiger partial charge in [-0.1, -0.05) is 38.6 Å². The van der Waals surface area contributed by atoms with Crippen LogP contribution < -0.4 is 15.3 Å². The highest BCUT2D eigenvalue weighted by atomic mass is 19.1. The predicted molar refractivity (Wildman–Crippen MR) is 153 cm³/mol. The highest BCUT2D eigenvalue weighted by Crippen LogP contribution is 2.45. The van der Waals surface area contributed by atoms with Gasteiger partial charge in [0.05, 0.1) is 28.4 Å². The van der Waals surface area contributed by atoms with Gasteiger partial charge in [-0.3, -0.25) is 14.3 Å². The molecule has 1 unspecified atom stereocenters. The van der Waals surface area contributed by atoms with Gasteiger partial charge in [-0.15, -0.1) is 0 Å². The summed E-state index contributed by atoms with van der Waals surface area (Å²) in [5, 5.41) is -0.0476. The molecule has 4 heterocycles. The predicted octanol–water partition coefficient (Wildman–Crippen LogP) is 4.89. The SMILES string of the molecule is C=CC(=O)N1CCN2c3nc(=O)n(-c4c(C)ccnc4C(C)C)c4c(F)c(-c5ccccc5F)c(F)c(c34)OCC2C1. The summed E-state index contributed by atoms with van der Waals surface area (Å²) in [5.74, 6) is -3.82. The van der Waals surface area contributed by atoms with Crippen LogP contribution in [0.4, 0.5) is 19.0 Å². The standard InChI is InChI=1S/C31H28F3N5O3/c1-5-21(40)37-12-13-38-18(14-37)15-42-29-23-28(24(33)22(25(29)34)19-8-6-7-9-20(19)32)39(31(41)36-30(23)38)27-17(4)10-11-35-26(27)16(2)3/h5-11,16,18H,1,12-15H2,2-4H3. The fourth-order valence-corrected chi connectivity index (χ4v) is 5.89. The monoisotopic (exact) mass is 575 g/mol. The van der Waals surface area contributed by atoms with Crippen LogP contribution in [0.1, 0.15) is 31.0 Å². The summed E-state index contributed by atoms with van der Waals surface area (Å²) in [5.41, 5.74) is -0.625. The molecule has 4 aromatic rings. The van der Waals surface area contributed by atoms with Gasteiger partial charge < -0.3 is 14.5 Å². The molecule has 0 N–H and O–H groups in total. The van der Waals surface area contributed by atoms with Crippen molar-refractivity contribution >= 4 is 22.6 Å². The van der Waals surface area contributed by atoms with E-state index in [9.17, 15) is 9.59 Å². The lowest BCUT2D eigenvalue weighted by molar-refractivity contribution is -0.126. The van der Waals surface area contributed by atoms with Crippen LogP contribution in [0.5, 0.6) is 5.75 Å². The highest BCUT2D eigenvalue weighted by Gasteiger charge is 2.39. The number of hydrogen-bond acceptors (Lipinski definition) is 6. The number of carbonyl (C=O) groups excluding carboxylic acids is 1. The van der Waals surface area contributed by atoms with Gasteiger partial charge in [0.1, 0.15) is 23.8 Å². The quantitative estimate of drug-likeness (QED) is 0.323. The first-order valence-electron chi connectivity index (χ1n) is 13.6. The molecule has 1 amide bonds. The molecule has 11 heteroatoms. The van der Waals surface area contributed by atoms with Gasteiger partial charge >= 0.3 is 5.69 Å². The van der Waals surface area contributed by atoms with Crippen LogP contribution in [0.3, 0.4) is 0 Å². The molecule has 216 valence electrons. The van der Waals surface area contributed by atoms with Crippen LogP contribution in [0.15, 0.2) is 54.0 Å². The Labute approximate surface area is 239 Å². The van der Waals surface area contributed by atoms with Crippen LogP contribution in [-0.2, 0) is 4.79 Å². The number of anilines is 1. The Balaban J connectivity index is 1.74. The van der Waals surface area contributed by atoms with Crippen molar-refractivity contribution in [3.63, 3.8) is 0 Å². The molecular weight excluding hydrogens is 547 g/mol. The topological polar surface area (TPSA) is 80.6 Å². The molecule has 2 aliphatic heterocycles. The Morgan fingerprint density at radius 2 is 1.90 bits per heavy atom. The molecule has 2 aliphatic rings. The molecule has 0 saturated carbocycles. The second-order valence-corrected chi connectivity index (χ2v) is 10.8. The molecule has 8 nitrogen and oxygen atoms in total. The maximum Gasteiger partial charge on any atom is 0.354 e. The fraction of sp³-hybridized carbons (Fsp3) is 0.290. The lowest BCUT2D eigenvalue weighted by atomic mass is 9.99. The third-order valence-electron chi connectivity index (χ3n) is 7.88. The smallest absolute Gasteiger partial charge is 0.354 e. The number of piperazine rings is 1. The summed E-state index contributed by atoms with van der Waals surface area (Å²) < 4.78 is 55.5. The van der Waals surface area contributed by atoms with E-state index in [0.717, 1.165) is 10.6 Å². The Hall–Kier alpha value is -4.67. The molecule has 6 rings (SSSR count). The molecule has 1 saturated heterocycles. The van der Waals surface area contributed by atoms with Crippen molar-refractivity contribution in [1.29, 1.82) is 0 Å². The summed E-state index contributed by atoms with van der Waals surface area (Å²) in [6, 6.07) is 6.43. The van der Waals surface area contributed by atoms with Crippen LogP contribution in [0.2, 0.25) is 0 Å². The van der Waals surface area contributed by atoms with Crippen molar-refractivity contribution in [3.8, 4) is 22.6 Å². The first kappa shape index (κ1) is 27.5. The van der Waals surface area contributed by atoms with E-state index in [1.807, 2.05) is 13.8 Å². The highest BCUT2D eigenvalue weighted by molar-refractivity contribution is 6.00. The summed E-state index contributed by atoms with van der Waals surface area (Å²) in [7, 11) is 0. The van der Waals surface area contributed by atoms with Crippen molar-refractivity contribution in [2.45, 2.75) is 32.7 Å². The molecule has 42 heavy (non-hydrogen) atoms. The molecule has 1 atom stereocenters. The molecular formula is C31H28F3N5O3. The van der Waals surface area contributed by atoms with Gasteiger partial charge in [0.25, 0.3) is 0 Å². The number of pyridine rings is 1. The lowest BCUT2D eigenvalue weighted by Crippen LogP contribution is -2.56. The number of amides is 1. The minimum atomic E-state index is -1.13. The molecule has 0 aliphatic carbocycles. The van der Waals surface area contributed by atoms with Crippen LogP contribution >= 0.6 is 0 Å². The van der Waals surface area contributed by atoms with E-state index in [0.29, 0.717) is 16.9 Å². The number of nitrogens with zero attached hydrogens (tertiary/aromatic N) is 5. The number of hydrogen-bond donors (Lipinski definition) is 0. The normalized spacial score (nSPS) is 16.3. The Kier molecular flexibility index (Phi) is 6.75. The van der Waals surface area contributed by atoms with Crippen LogP contribution in [-0.4, -0.2) is 57.6 Å². The maximum absolute atomic E-state index is 16.9. The Morgan fingerprint density at radius 1 is 1.14 bits per heavy atom. The minimum Gasteiger partial charge on any atom is -0.487 e. The molecule has 2 aromatic carbocycles. The number of fused-ring (bicyclic) bond motifs is 2. The van der Waals surface area contributed by atoms with Crippen LogP contribution in [0.25, 0.3) is 27.7 Å². The molecule has 0 radical (unpaired) electrons. The minimum absolute atomic E-state index is 0.0416. The first-order valence-corrected chi connectivity index (χ1v) is 13.6. The van der Waals surface area contributed by atoms with Crippen molar-refractivity contribution in [2.75, 3.05) is 31.1 Å². The number of rotatable bonds is 4. The van der Waals surface area contributed by atoms with E-state index in [1.54, 1.807) is 29.0 Å². The third-order valence-corrected chi connectivity index (χ3v) is 7.88. The summed E-state index contributed by atoms with van der Waals surface area (Å²) in [6.45, 7) is 9.69. The number of benzene rings is 2. The largest absolute Gasteiger partial charge is 0.487 e. The fourth-order valence-electron chi connectivity index (χ4n) is 5.89. The maximum atomic E-state index is 16.9. The Morgan fingerprint density at radius 3 is 2.62 bits per heavy atom. The average molecular weight is 576 g/mol. The molecule has 1 fully saturated rings. The second-order valence-electron chi connectivity index (χ2n) is 10.8. The van der Waals surface area contributed by atoms with Crippen molar-refractivity contribution in [3.05, 3.63) is 88.4 Å². The van der Waals surface area contributed by atoms with Crippen molar-refractivity contribution in [1.82, 2.24) is 19.4 Å². The lowest BCUT2D eigenvalue weighted by Gasteiger charge is -2.40. The van der Waals surface area contributed by atoms with Gasteiger partial charge in [-0.25, -0.2) is 18.0 Å². The number of carbonyl (C=O) groups is 1. The molecule has 0 bridgehead atoms. The van der Waals surface area contributed by atoms with Gasteiger partial charge in [-0.2, -0.15) is 4.98 Å². The third kappa shape index (κ3) is 4.14.